The highest BCUT2D eigenvalue weighted by Crippen LogP contribution is 2.31. The Bertz CT molecular complexity index is 1290. The van der Waals surface area contributed by atoms with Crippen molar-refractivity contribution in [2.24, 2.45) is 0 Å². The van der Waals surface area contributed by atoms with Gasteiger partial charge in [-0.3, -0.25) is 9.38 Å². The van der Waals surface area contributed by atoms with E-state index in [1.165, 1.54) is 0 Å². The molecule has 0 aliphatic heterocycles. The molecule has 0 radical (unpaired) electrons. The van der Waals surface area contributed by atoms with Crippen LogP contribution in [0, 0.1) is 24.8 Å². The van der Waals surface area contributed by atoms with Gasteiger partial charge < -0.3 is 0 Å². The van der Waals surface area contributed by atoms with E-state index < -0.39 is 0 Å². The van der Waals surface area contributed by atoms with E-state index in [-0.39, 0.29) is 5.41 Å². The maximum atomic E-state index is 9.28. The maximum Gasteiger partial charge on any atom is 0.206 e. The van der Waals surface area contributed by atoms with Crippen LogP contribution in [-0.2, 0) is 5.41 Å². The lowest BCUT2D eigenvalue weighted by molar-refractivity contribution is 0.571. The highest BCUT2D eigenvalue weighted by molar-refractivity contribution is 5.98. The zero-order valence-corrected chi connectivity index (χ0v) is 15.1. The van der Waals surface area contributed by atoms with Crippen LogP contribution in [0.1, 0.15) is 37.7 Å². The first-order valence-corrected chi connectivity index (χ1v) is 8.38. The van der Waals surface area contributed by atoms with Crippen LogP contribution in [0.5, 0.6) is 0 Å². The van der Waals surface area contributed by atoms with Gasteiger partial charge in [-0.1, -0.05) is 20.8 Å². The molecule has 0 aliphatic rings. The molecule has 0 aliphatic carbocycles. The molecule has 0 atom stereocenters. The lowest BCUT2D eigenvalue weighted by Crippen LogP contribution is -2.13. The Hall–Kier alpha value is -3.44. The lowest BCUT2D eigenvalue weighted by atomic mass is 9.91. The van der Waals surface area contributed by atoms with Gasteiger partial charge in [-0.05, 0) is 37.3 Å². The Kier molecular flexibility index (Phi) is 3.26. The van der Waals surface area contributed by atoms with Gasteiger partial charge in [0.1, 0.15) is 5.65 Å². The summed E-state index contributed by atoms with van der Waals surface area (Å²) in [5.41, 5.74) is 5.96. The van der Waals surface area contributed by atoms with Crippen molar-refractivity contribution >= 4 is 33.3 Å². The standard InChI is InChI=1S/C21H17N5/c1-12-8-16-14(6-7-19(24-16)21(2,3)4)20-25-17-9-13(11-22)15(23-5)10-18(17)26(12)20/h6-10H,1-4H3. The predicted octanol–water partition coefficient (Wildman–Crippen LogP) is 5.06. The number of imidazole rings is 1. The number of nitrogens with zero attached hydrogens (tertiary/aromatic N) is 5. The first-order chi connectivity index (χ1) is 12.3. The number of hydrogen-bond donors (Lipinski definition) is 0. The van der Waals surface area contributed by atoms with E-state index in [9.17, 15) is 5.26 Å². The quantitative estimate of drug-likeness (QED) is 0.421. The van der Waals surface area contributed by atoms with Crippen molar-refractivity contribution in [1.29, 1.82) is 5.26 Å². The van der Waals surface area contributed by atoms with Gasteiger partial charge in [0.25, 0.3) is 0 Å². The van der Waals surface area contributed by atoms with Gasteiger partial charge in [-0.15, -0.1) is 0 Å². The molecule has 0 amide bonds. The molecule has 4 rings (SSSR count). The van der Waals surface area contributed by atoms with Crippen molar-refractivity contribution in [2.45, 2.75) is 33.1 Å². The molecule has 0 spiro atoms. The lowest BCUT2D eigenvalue weighted by Gasteiger charge is -2.18. The zero-order chi connectivity index (χ0) is 18.6. The average Bonchev–Trinajstić information content (AvgIpc) is 2.98. The van der Waals surface area contributed by atoms with Crippen molar-refractivity contribution in [1.82, 2.24) is 14.4 Å². The minimum absolute atomic E-state index is 0.0272. The molecule has 0 saturated heterocycles. The molecular weight excluding hydrogens is 322 g/mol. The fourth-order valence-electron chi connectivity index (χ4n) is 3.29. The second-order valence-corrected chi connectivity index (χ2v) is 7.52. The van der Waals surface area contributed by atoms with Crippen molar-refractivity contribution in [2.75, 3.05) is 0 Å². The number of nitriles is 1. The summed E-state index contributed by atoms with van der Waals surface area (Å²) in [5.74, 6) is 0. The molecule has 0 saturated carbocycles. The highest BCUT2D eigenvalue weighted by Gasteiger charge is 2.18. The summed E-state index contributed by atoms with van der Waals surface area (Å²) in [6.07, 6.45) is 0. The second-order valence-electron chi connectivity index (χ2n) is 7.52. The topological polar surface area (TPSA) is 58.3 Å². The van der Waals surface area contributed by atoms with Gasteiger partial charge in [-0.25, -0.2) is 9.83 Å². The van der Waals surface area contributed by atoms with Gasteiger partial charge in [0.15, 0.2) is 0 Å². The predicted molar refractivity (Wildman–Crippen MR) is 102 cm³/mol. The van der Waals surface area contributed by atoms with Gasteiger partial charge in [0.2, 0.25) is 5.69 Å². The number of aryl methyl sites for hydroxylation is 1. The van der Waals surface area contributed by atoms with Crippen molar-refractivity contribution in [3.63, 3.8) is 0 Å². The third-order valence-electron chi connectivity index (χ3n) is 4.65. The van der Waals surface area contributed by atoms with Crippen LogP contribution in [0.25, 0.3) is 32.4 Å². The Morgan fingerprint density at radius 3 is 2.54 bits per heavy atom. The summed E-state index contributed by atoms with van der Waals surface area (Å²) in [6, 6.07) is 11.7. The number of rotatable bonds is 0. The van der Waals surface area contributed by atoms with Crippen molar-refractivity contribution in [3.8, 4) is 6.07 Å². The van der Waals surface area contributed by atoms with E-state index >= 15 is 0 Å². The van der Waals surface area contributed by atoms with Gasteiger partial charge in [-0.2, -0.15) is 5.26 Å². The fraction of sp³-hybridized carbons (Fsp3) is 0.238. The van der Waals surface area contributed by atoms with Crippen LogP contribution >= 0.6 is 0 Å². The van der Waals surface area contributed by atoms with E-state index in [0.29, 0.717) is 16.8 Å². The number of pyridine rings is 2. The third-order valence-corrected chi connectivity index (χ3v) is 4.65. The average molecular weight is 339 g/mol. The number of hydrogen-bond acceptors (Lipinski definition) is 3. The summed E-state index contributed by atoms with van der Waals surface area (Å²) in [4.78, 5) is 13.1. The van der Waals surface area contributed by atoms with Crippen LogP contribution in [-0.4, -0.2) is 14.4 Å². The van der Waals surface area contributed by atoms with Crippen LogP contribution in [0.3, 0.4) is 0 Å². The first-order valence-electron chi connectivity index (χ1n) is 8.38. The van der Waals surface area contributed by atoms with Crippen LogP contribution in [0.4, 0.5) is 5.69 Å². The summed E-state index contributed by atoms with van der Waals surface area (Å²) in [7, 11) is 0. The summed E-state index contributed by atoms with van der Waals surface area (Å²) in [6.45, 7) is 15.8. The molecule has 0 N–H and O–H groups in total. The fourth-order valence-corrected chi connectivity index (χ4v) is 3.29. The molecule has 0 fully saturated rings. The summed E-state index contributed by atoms with van der Waals surface area (Å²) >= 11 is 0. The third kappa shape index (κ3) is 2.22. The van der Waals surface area contributed by atoms with E-state index in [0.717, 1.165) is 33.5 Å². The van der Waals surface area contributed by atoms with E-state index in [1.54, 1.807) is 12.1 Å². The van der Waals surface area contributed by atoms with Crippen LogP contribution in [0.15, 0.2) is 30.3 Å². The van der Waals surface area contributed by atoms with Gasteiger partial charge in [0, 0.05) is 22.2 Å². The summed E-state index contributed by atoms with van der Waals surface area (Å²) < 4.78 is 2.03. The van der Waals surface area contributed by atoms with E-state index in [1.807, 2.05) is 17.4 Å². The largest absolute Gasteiger partial charge is 0.298 e. The second kappa shape index (κ2) is 5.28. The molecule has 0 unspecified atom stereocenters. The molecule has 3 aromatic heterocycles. The molecule has 0 bridgehead atoms. The van der Waals surface area contributed by atoms with Gasteiger partial charge in [0.05, 0.1) is 34.8 Å². The van der Waals surface area contributed by atoms with E-state index in [4.69, 9.17) is 16.5 Å². The SMILES string of the molecule is [C-]#[N+]c1cc2c(cc1C#N)nc1c3ccc(C(C)(C)C)nc3cc(C)n21. The smallest absolute Gasteiger partial charge is 0.206 e. The van der Waals surface area contributed by atoms with Crippen molar-refractivity contribution < 1.29 is 0 Å². The maximum absolute atomic E-state index is 9.28. The van der Waals surface area contributed by atoms with E-state index in [2.05, 4.69) is 43.8 Å². The molecule has 1 aromatic carbocycles. The van der Waals surface area contributed by atoms with Crippen molar-refractivity contribution in [3.05, 3.63) is 58.7 Å². The Labute approximate surface area is 151 Å². The molecule has 5 nitrogen and oxygen atoms in total. The number of aromatic nitrogens is 3. The summed E-state index contributed by atoms with van der Waals surface area (Å²) in [5, 5.41) is 10.2. The van der Waals surface area contributed by atoms with Gasteiger partial charge >= 0.3 is 0 Å². The van der Waals surface area contributed by atoms with Crippen LogP contribution in [0.2, 0.25) is 0 Å². The highest BCUT2D eigenvalue weighted by atomic mass is 15.0. The van der Waals surface area contributed by atoms with Crippen LogP contribution < -0.4 is 0 Å². The molecule has 4 aromatic rings. The molecule has 26 heavy (non-hydrogen) atoms. The Morgan fingerprint density at radius 1 is 1.12 bits per heavy atom. The Balaban J connectivity index is 2.14. The number of benzene rings is 1. The number of fused-ring (bicyclic) bond motifs is 5. The Morgan fingerprint density at radius 2 is 1.88 bits per heavy atom. The zero-order valence-electron chi connectivity index (χ0n) is 15.1. The monoisotopic (exact) mass is 339 g/mol. The molecule has 126 valence electrons. The minimum Gasteiger partial charge on any atom is -0.298 e. The first kappa shape index (κ1) is 16.1. The minimum atomic E-state index is -0.0272. The molecule has 5 heteroatoms. The molecular formula is C21H17N5. The molecule has 3 heterocycles. The normalized spacial score (nSPS) is 11.8.